The molecule has 2 atom stereocenters. The number of hydrogen-bond donors (Lipinski definition) is 0. The lowest BCUT2D eigenvalue weighted by molar-refractivity contribution is 0.273. The summed E-state index contributed by atoms with van der Waals surface area (Å²) in [5.41, 5.74) is 4.31. The van der Waals surface area contributed by atoms with Gasteiger partial charge >= 0.3 is 6.01 Å². The van der Waals surface area contributed by atoms with E-state index in [0.29, 0.717) is 30.9 Å². The molecule has 0 saturated heterocycles. The maximum Gasteiger partial charge on any atom is 0.318 e. The summed E-state index contributed by atoms with van der Waals surface area (Å²) >= 11 is 0. The third-order valence-electron chi connectivity index (χ3n) is 5.17. The number of aromatic nitrogens is 5. The summed E-state index contributed by atoms with van der Waals surface area (Å²) < 4.78 is 7.82. The Bertz CT molecular complexity index is 953. The van der Waals surface area contributed by atoms with E-state index in [1.165, 1.54) is 0 Å². The molecule has 0 spiro atoms. The second-order valence-electron chi connectivity index (χ2n) is 7.66. The number of nitrogens with zero attached hydrogens (tertiary/aromatic N) is 6. The van der Waals surface area contributed by atoms with E-state index in [2.05, 4.69) is 28.1 Å². The number of rotatable bonds is 7. The average Bonchev–Trinajstić information content (AvgIpc) is 3.36. The van der Waals surface area contributed by atoms with Gasteiger partial charge in [0, 0.05) is 63.1 Å². The van der Waals surface area contributed by atoms with Gasteiger partial charge in [0.05, 0.1) is 18.5 Å². The van der Waals surface area contributed by atoms with Crippen LogP contribution in [-0.2, 0) is 13.5 Å². The highest BCUT2D eigenvalue weighted by Crippen LogP contribution is 2.46. The Morgan fingerprint density at radius 3 is 2.79 bits per heavy atom. The summed E-state index contributed by atoms with van der Waals surface area (Å²) in [6.07, 6.45) is 7.55. The predicted molar refractivity (Wildman–Crippen MR) is 108 cm³/mol. The lowest BCUT2D eigenvalue weighted by Gasteiger charge is -2.18. The van der Waals surface area contributed by atoms with Crippen LogP contribution in [0.3, 0.4) is 0 Å². The third kappa shape index (κ3) is 3.98. The van der Waals surface area contributed by atoms with E-state index in [9.17, 15) is 0 Å². The van der Waals surface area contributed by atoms with Gasteiger partial charge in [-0.05, 0) is 31.0 Å². The molecule has 0 aromatic carbocycles. The number of anilines is 1. The van der Waals surface area contributed by atoms with Crippen molar-refractivity contribution in [1.82, 2.24) is 24.7 Å². The summed E-state index contributed by atoms with van der Waals surface area (Å²) in [7, 11) is 5.90. The zero-order valence-electron chi connectivity index (χ0n) is 16.8. The van der Waals surface area contributed by atoms with Crippen molar-refractivity contribution in [2.24, 2.45) is 13.0 Å². The SMILES string of the molecule is Cc1c(Cc2cnn(C)c2)nc(OC[C@H]2C[C@@H]2c2ccccn2)nc1N(C)C. The minimum absolute atomic E-state index is 0.444. The Kier molecular flexibility index (Phi) is 4.98. The second kappa shape index (κ2) is 7.58. The Morgan fingerprint density at radius 1 is 1.25 bits per heavy atom. The van der Waals surface area contributed by atoms with Crippen molar-refractivity contribution >= 4 is 5.82 Å². The van der Waals surface area contributed by atoms with Crippen molar-refractivity contribution in [3.8, 4) is 6.01 Å². The molecule has 7 nitrogen and oxygen atoms in total. The number of hydrogen-bond acceptors (Lipinski definition) is 6. The highest BCUT2D eigenvalue weighted by molar-refractivity contribution is 5.49. The summed E-state index contributed by atoms with van der Waals surface area (Å²) in [5.74, 6) is 1.85. The molecule has 3 aromatic heterocycles. The molecule has 1 saturated carbocycles. The van der Waals surface area contributed by atoms with E-state index < -0.39 is 0 Å². The summed E-state index contributed by atoms with van der Waals surface area (Å²) in [6, 6.07) is 6.52. The number of pyridine rings is 1. The van der Waals surface area contributed by atoms with Crippen LogP contribution in [0.4, 0.5) is 5.82 Å². The van der Waals surface area contributed by atoms with Gasteiger partial charge in [0.15, 0.2) is 0 Å². The van der Waals surface area contributed by atoms with Gasteiger partial charge in [-0.15, -0.1) is 0 Å². The van der Waals surface area contributed by atoms with Crippen molar-refractivity contribution in [2.45, 2.75) is 25.7 Å². The minimum atomic E-state index is 0.444. The zero-order chi connectivity index (χ0) is 19.7. The van der Waals surface area contributed by atoms with Crippen LogP contribution in [0.5, 0.6) is 6.01 Å². The van der Waals surface area contributed by atoms with E-state index in [0.717, 1.165) is 34.8 Å². The largest absolute Gasteiger partial charge is 0.463 e. The van der Waals surface area contributed by atoms with Crippen LogP contribution in [-0.4, -0.2) is 45.4 Å². The molecule has 146 valence electrons. The van der Waals surface area contributed by atoms with Crippen LogP contribution in [0.1, 0.15) is 34.9 Å². The second-order valence-corrected chi connectivity index (χ2v) is 7.66. The smallest absolute Gasteiger partial charge is 0.318 e. The molecule has 0 radical (unpaired) electrons. The maximum absolute atomic E-state index is 6.01. The molecule has 1 fully saturated rings. The van der Waals surface area contributed by atoms with E-state index >= 15 is 0 Å². The fourth-order valence-corrected chi connectivity index (χ4v) is 3.53. The van der Waals surface area contributed by atoms with E-state index in [1.54, 1.807) is 4.68 Å². The Labute approximate surface area is 165 Å². The van der Waals surface area contributed by atoms with Crippen molar-refractivity contribution in [3.63, 3.8) is 0 Å². The van der Waals surface area contributed by atoms with Gasteiger partial charge in [0.25, 0.3) is 0 Å². The number of ether oxygens (including phenoxy) is 1. The summed E-state index contributed by atoms with van der Waals surface area (Å²) in [6.45, 7) is 2.67. The Balaban J connectivity index is 1.49. The maximum atomic E-state index is 6.01. The van der Waals surface area contributed by atoms with Crippen LogP contribution >= 0.6 is 0 Å². The first-order chi connectivity index (χ1) is 13.5. The third-order valence-corrected chi connectivity index (χ3v) is 5.17. The van der Waals surface area contributed by atoms with Crippen LogP contribution < -0.4 is 9.64 Å². The normalized spacial score (nSPS) is 18.1. The molecular formula is C21H26N6O. The van der Waals surface area contributed by atoms with Gasteiger partial charge in [-0.2, -0.15) is 15.1 Å². The van der Waals surface area contributed by atoms with Crippen molar-refractivity contribution in [1.29, 1.82) is 0 Å². The first-order valence-corrected chi connectivity index (χ1v) is 9.57. The molecule has 1 aliphatic carbocycles. The lowest BCUT2D eigenvalue weighted by Crippen LogP contribution is -2.16. The molecule has 0 amide bonds. The fourth-order valence-electron chi connectivity index (χ4n) is 3.53. The topological polar surface area (TPSA) is 69.0 Å². The standard InChI is InChI=1S/C21H26N6O/c1-14-19(9-15-11-23-27(4)12-15)24-21(25-20(14)26(2)3)28-13-16-10-17(16)18-7-5-6-8-22-18/h5-8,11-12,16-17H,9-10,13H2,1-4H3/t16-,17+/m1/s1. The van der Waals surface area contributed by atoms with E-state index in [-0.39, 0.29) is 0 Å². The van der Waals surface area contributed by atoms with Crippen LogP contribution in [0.2, 0.25) is 0 Å². The van der Waals surface area contributed by atoms with Crippen molar-refractivity contribution in [3.05, 3.63) is 59.3 Å². The summed E-state index contributed by atoms with van der Waals surface area (Å²) in [4.78, 5) is 15.8. The fraction of sp³-hybridized carbons (Fsp3) is 0.429. The van der Waals surface area contributed by atoms with Crippen LogP contribution in [0.25, 0.3) is 0 Å². The van der Waals surface area contributed by atoms with Crippen LogP contribution in [0, 0.1) is 12.8 Å². The molecule has 0 aliphatic heterocycles. The molecule has 4 rings (SSSR count). The first-order valence-electron chi connectivity index (χ1n) is 9.57. The van der Waals surface area contributed by atoms with Crippen molar-refractivity contribution in [2.75, 3.05) is 25.6 Å². The minimum Gasteiger partial charge on any atom is -0.463 e. The quantitative estimate of drug-likeness (QED) is 0.630. The molecule has 1 aliphatic rings. The average molecular weight is 378 g/mol. The van der Waals surface area contributed by atoms with E-state index in [1.807, 2.05) is 56.8 Å². The van der Waals surface area contributed by atoms with Gasteiger partial charge in [-0.1, -0.05) is 6.07 Å². The molecule has 0 N–H and O–H groups in total. The highest BCUT2D eigenvalue weighted by atomic mass is 16.5. The molecule has 3 heterocycles. The zero-order valence-corrected chi connectivity index (χ0v) is 16.8. The highest BCUT2D eigenvalue weighted by Gasteiger charge is 2.40. The first kappa shape index (κ1) is 18.4. The monoisotopic (exact) mass is 378 g/mol. The predicted octanol–water partition coefficient (Wildman–Crippen LogP) is 2.75. The van der Waals surface area contributed by atoms with Crippen LogP contribution in [0.15, 0.2) is 36.8 Å². The number of aryl methyl sites for hydroxylation is 1. The Hall–Kier alpha value is -2.96. The molecule has 7 heteroatoms. The van der Waals surface area contributed by atoms with Crippen molar-refractivity contribution < 1.29 is 4.74 Å². The molecule has 28 heavy (non-hydrogen) atoms. The van der Waals surface area contributed by atoms with E-state index in [4.69, 9.17) is 9.72 Å². The summed E-state index contributed by atoms with van der Waals surface area (Å²) in [5, 5.41) is 4.25. The lowest BCUT2D eigenvalue weighted by atomic mass is 10.1. The van der Waals surface area contributed by atoms with Gasteiger partial charge in [-0.3, -0.25) is 9.67 Å². The van der Waals surface area contributed by atoms with Gasteiger partial charge < -0.3 is 9.64 Å². The Morgan fingerprint density at radius 2 is 2.11 bits per heavy atom. The molecule has 0 unspecified atom stereocenters. The molecule has 3 aromatic rings. The van der Waals surface area contributed by atoms with Gasteiger partial charge in [0.1, 0.15) is 5.82 Å². The molecule has 0 bridgehead atoms. The molecular weight excluding hydrogens is 352 g/mol. The van der Waals surface area contributed by atoms with Gasteiger partial charge in [-0.25, -0.2) is 0 Å². The van der Waals surface area contributed by atoms with Gasteiger partial charge in [0.2, 0.25) is 0 Å².